The lowest BCUT2D eigenvalue weighted by atomic mass is 10.0. The fourth-order valence-corrected chi connectivity index (χ4v) is 2.65. The molecule has 0 N–H and O–H groups in total. The van der Waals surface area contributed by atoms with Crippen LogP contribution in [0.1, 0.15) is 19.8 Å². The highest BCUT2D eigenvalue weighted by molar-refractivity contribution is 5.77. The van der Waals surface area contributed by atoms with Gasteiger partial charge in [-0.2, -0.15) is 0 Å². The van der Waals surface area contributed by atoms with Crippen LogP contribution in [-0.2, 0) is 4.79 Å². The predicted molar refractivity (Wildman–Crippen MR) is 79.6 cm³/mol. The van der Waals surface area contributed by atoms with Crippen LogP contribution in [0.4, 0.5) is 0 Å². The summed E-state index contributed by atoms with van der Waals surface area (Å²) < 4.78 is 7.16. The molecule has 3 rings (SSSR count). The van der Waals surface area contributed by atoms with E-state index in [1.165, 1.54) is 12.7 Å². The van der Waals surface area contributed by atoms with E-state index in [0.717, 1.165) is 25.2 Å². The molecule has 7 nitrogen and oxygen atoms in total. The maximum atomic E-state index is 12.2. The average Bonchev–Trinajstić information content (AvgIpc) is 3.07. The summed E-state index contributed by atoms with van der Waals surface area (Å²) in [4.78, 5) is 14.1. The van der Waals surface area contributed by atoms with Crippen LogP contribution in [0.25, 0.3) is 5.69 Å². The number of aromatic nitrogens is 4. The molecule has 1 fully saturated rings. The third kappa shape index (κ3) is 3.41. The number of piperidine rings is 1. The van der Waals surface area contributed by atoms with Gasteiger partial charge in [-0.05, 0) is 41.3 Å². The average molecular weight is 301 g/mol. The molecule has 1 saturated heterocycles. The zero-order chi connectivity index (χ0) is 15.4. The molecule has 0 spiro atoms. The normalized spacial score (nSPS) is 18.2. The van der Waals surface area contributed by atoms with Gasteiger partial charge in [0.15, 0.2) is 6.61 Å². The lowest BCUT2D eigenvalue weighted by molar-refractivity contribution is -0.135. The number of rotatable bonds is 4. The van der Waals surface area contributed by atoms with Crippen LogP contribution in [0, 0.1) is 5.92 Å². The summed E-state index contributed by atoms with van der Waals surface area (Å²) in [6, 6.07) is 7.35. The molecule has 1 aliphatic rings. The van der Waals surface area contributed by atoms with Crippen molar-refractivity contribution < 1.29 is 9.53 Å². The van der Waals surface area contributed by atoms with Gasteiger partial charge >= 0.3 is 0 Å². The second-order valence-corrected chi connectivity index (χ2v) is 5.63. The number of ether oxygens (including phenoxy) is 1. The Labute approximate surface area is 128 Å². The van der Waals surface area contributed by atoms with Gasteiger partial charge in [-0.25, -0.2) is 4.68 Å². The molecule has 22 heavy (non-hydrogen) atoms. The Morgan fingerprint density at radius 2 is 2.36 bits per heavy atom. The van der Waals surface area contributed by atoms with E-state index in [0.29, 0.717) is 11.7 Å². The molecule has 0 radical (unpaired) electrons. The van der Waals surface area contributed by atoms with Crippen molar-refractivity contribution in [3.05, 3.63) is 30.6 Å². The first-order valence-corrected chi connectivity index (χ1v) is 7.46. The van der Waals surface area contributed by atoms with Crippen molar-refractivity contribution in [3.63, 3.8) is 0 Å². The van der Waals surface area contributed by atoms with Gasteiger partial charge in [-0.15, -0.1) is 5.10 Å². The van der Waals surface area contributed by atoms with Crippen molar-refractivity contribution in [2.45, 2.75) is 19.8 Å². The van der Waals surface area contributed by atoms with Gasteiger partial charge in [-0.1, -0.05) is 13.0 Å². The SMILES string of the molecule is C[C@@H]1CCCN(C(=O)COc2cccc(-n3cnnn3)c2)C1. The monoisotopic (exact) mass is 301 g/mol. The number of hydrogen-bond acceptors (Lipinski definition) is 5. The lowest BCUT2D eigenvalue weighted by Crippen LogP contribution is -2.41. The number of benzene rings is 1. The van der Waals surface area contributed by atoms with Crippen molar-refractivity contribution in [1.29, 1.82) is 0 Å². The molecule has 7 heteroatoms. The maximum absolute atomic E-state index is 12.2. The summed E-state index contributed by atoms with van der Waals surface area (Å²) in [5.41, 5.74) is 0.793. The number of hydrogen-bond donors (Lipinski definition) is 0. The molecule has 1 aliphatic heterocycles. The van der Waals surface area contributed by atoms with Crippen LogP contribution in [0.3, 0.4) is 0 Å². The molecule has 116 valence electrons. The van der Waals surface area contributed by atoms with Crippen LogP contribution in [0.5, 0.6) is 5.75 Å². The summed E-state index contributed by atoms with van der Waals surface area (Å²) in [5.74, 6) is 1.24. The van der Waals surface area contributed by atoms with Gasteiger partial charge in [0.25, 0.3) is 5.91 Å². The zero-order valence-electron chi connectivity index (χ0n) is 12.6. The number of likely N-dealkylation sites (tertiary alicyclic amines) is 1. The number of carbonyl (C=O) groups is 1. The molecular weight excluding hydrogens is 282 g/mol. The molecule has 1 aromatic carbocycles. The second-order valence-electron chi connectivity index (χ2n) is 5.63. The van der Waals surface area contributed by atoms with E-state index in [-0.39, 0.29) is 12.5 Å². The first kappa shape index (κ1) is 14.5. The highest BCUT2D eigenvalue weighted by atomic mass is 16.5. The smallest absolute Gasteiger partial charge is 0.260 e. The van der Waals surface area contributed by atoms with E-state index in [2.05, 4.69) is 22.4 Å². The second kappa shape index (κ2) is 6.55. The van der Waals surface area contributed by atoms with E-state index < -0.39 is 0 Å². The summed E-state index contributed by atoms with van der Waals surface area (Å²) >= 11 is 0. The van der Waals surface area contributed by atoms with Crippen molar-refractivity contribution in [2.75, 3.05) is 19.7 Å². The van der Waals surface area contributed by atoms with Gasteiger partial charge in [-0.3, -0.25) is 4.79 Å². The Hall–Kier alpha value is -2.44. The number of tetrazole rings is 1. The van der Waals surface area contributed by atoms with E-state index in [9.17, 15) is 4.79 Å². The molecule has 2 heterocycles. The van der Waals surface area contributed by atoms with Crippen molar-refractivity contribution in [3.8, 4) is 11.4 Å². The van der Waals surface area contributed by atoms with Crippen LogP contribution in [0.2, 0.25) is 0 Å². The summed E-state index contributed by atoms with van der Waals surface area (Å²) in [7, 11) is 0. The van der Waals surface area contributed by atoms with Gasteiger partial charge in [0, 0.05) is 19.2 Å². The fourth-order valence-electron chi connectivity index (χ4n) is 2.65. The molecule has 0 aliphatic carbocycles. The number of nitrogens with zero attached hydrogens (tertiary/aromatic N) is 5. The minimum atomic E-state index is 0.0411. The largest absolute Gasteiger partial charge is 0.484 e. The number of carbonyl (C=O) groups excluding carboxylic acids is 1. The first-order valence-electron chi connectivity index (χ1n) is 7.46. The molecule has 2 aromatic rings. The minimum absolute atomic E-state index is 0.0411. The Morgan fingerprint density at radius 1 is 1.45 bits per heavy atom. The van der Waals surface area contributed by atoms with E-state index in [1.54, 1.807) is 4.68 Å². The van der Waals surface area contributed by atoms with Crippen LogP contribution in [-0.4, -0.2) is 50.7 Å². The van der Waals surface area contributed by atoms with Gasteiger partial charge in [0.1, 0.15) is 12.1 Å². The van der Waals surface area contributed by atoms with Gasteiger partial charge in [0.2, 0.25) is 0 Å². The van der Waals surface area contributed by atoms with Crippen molar-refractivity contribution in [1.82, 2.24) is 25.1 Å². The van der Waals surface area contributed by atoms with Crippen LogP contribution in [0.15, 0.2) is 30.6 Å². The van der Waals surface area contributed by atoms with Crippen LogP contribution >= 0.6 is 0 Å². The van der Waals surface area contributed by atoms with E-state index in [1.807, 2.05) is 29.2 Å². The quantitative estimate of drug-likeness (QED) is 0.851. The summed E-state index contributed by atoms with van der Waals surface area (Å²) in [6.07, 6.45) is 3.78. The summed E-state index contributed by atoms with van der Waals surface area (Å²) in [6.45, 7) is 3.89. The topological polar surface area (TPSA) is 73.1 Å². The third-order valence-electron chi connectivity index (χ3n) is 3.80. The standard InChI is InChI=1S/C15H19N5O2/c1-12-4-3-7-19(9-12)15(21)10-22-14-6-2-5-13(8-14)20-11-16-17-18-20/h2,5-6,8,11-12H,3-4,7,9-10H2,1H3/t12-/m1/s1. The summed E-state index contributed by atoms with van der Waals surface area (Å²) in [5, 5.41) is 11.0. The lowest BCUT2D eigenvalue weighted by Gasteiger charge is -2.30. The molecule has 0 saturated carbocycles. The zero-order valence-corrected chi connectivity index (χ0v) is 12.6. The maximum Gasteiger partial charge on any atom is 0.260 e. The Morgan fingerprint density at radius 3 is 3.14 bits per heavy atom. The molecule has 1 aromatic heterocycles. The highest BCUT2D eigenvalue weighted by Crippen LogP contribution is 2.18. The van der Waals surface area contributed by atoms with Crippen molar-refractivity contribution in [2.24, 2.45) is 5.92 Å². The van der Waals surface area contributed by atoms with E-state index in [4.69, 9.17) is 4.74 Å². The number of amides is 1. The van der Waals surface area contributed by atoms with Crippen LogP contribution < -0.4 is 4.74 Å². The molecule has 0 bridgehead atoms. The van der Waals surface area contributed by atoms with Gasteiger partial charge < -0.3 is 9.64 Å². The highest BCUT2D eigenvalue weighted by Gasteiger charge is 2.21. The van der Waals surface area contributed by atoms with Crippen molar-refractivity contribution >= 4 is 5.91 Å². The predicted octanol–water partition coefficient (Wildman–Crippen LogP) is 1.30. The molecule has 0 unspecified atom stereocenters. The molecular formula is C15H19N5O2. The third-order valence-corrected chi connectivity index (χ3v) is 3.80. The Balaban J connectivity index is 1.59. The molecule has 1 amide bonds. The fraction of sp³-hybridized carbons (Fsp3) is 0.467. The first-order chi connectivity index (χ1) is 10.7. The Kier molecular flexibility index (Phi) is 4.32. The van der Waals surface area contributed by atoms with Gasteiger partial charge in [0.05, 0.1) is 5.69 Å². The minimum Gasteiger partial charge on any atom is -0.484 e. The Bertz CT molecular complexity index is 629. The molecule has 1 atom stereocenters. The van der Waals surface area contributed by atoms with E-state index >= 15 is 0 Å².